The topological polar surface area (TPSA) is 158 Å². The summed E-state index contributed by atoms with van der Waals surface area (Å²) in [6, 6.07) is 7.07. The molecule has 1 aliphatic carbocycles. The van der Waals surface area contributed by atoms with Crippen molar-refractivity contribution in [2.45, 2.75) is 102 Å². The van der Waals surface area contributed by atoms with E-state index in [1.54, 1.807) is 27.7 Å². The van der Waals surface area contributed by atoms with Gasteiger partial charge >= 0.3 is 12.1 Å². The number of amides is 3. The second-order valence-electron chi connectivity index (χ2n) is 13.0. The first-order valence-electron chi connectivity index (χ1n) is 15.8. The Balaban J connectivity index is 1.45. The lowest BCUT2D eigenvalue weighted by atomic mass is 10.0. The number of hydrogen-bond acceptors (Lipinski definition) is 9. The number of nitrogens with one attached hydrogen (secondary N) is 2. The average molecular weight is 622 g/mol. The lowest BCUT2D eigenvalue weighted by Gasteiger charge is -2.30. The fourth-order valence-corrected chi connectivity index (χ4v) is 6.02. The summed E-state index contributed by atoms with van der Waals surface area (Å²) in [5.74, 6) is -1.13. The molecule has 13 heteroatoms. The minimum atomic E-state index is -1.18. The molecular weight excluding hydrogens is 578 g/mol. The van der Waals surface area contributed by atoms with Gasteiger partial charge in [-0.15, -0.1) is 10.2 Å². The van der Waals surface area contributed by atoms with Crippen LogP contribution in [0.2, 0.25) is 0 Å². The molecule has 5 atom stereocenters. The van der Waals surface area contributed by atoms with Gasteiger partial charge in [0.05, 0.1) is 12.6 Å². The number of carbonyl (C=O) groups excluding carboxylic acids is 4. The maximum absolute atomic E-state index is 14.2. The van der Waals surface area contributed by atoms with Gasteiger partial charge in [0.25, 0.3) is 0 Å². The number of rotatable bonds is 5. The van der Waals surface area contributed by atoms with E-state index in [1.165, 1.54) is 9.70 Å². The van der Waals surface area contributed by atoms with Gasteiger partial charge in [-0.25, -0.2) is 9.59 Å². The molecule has 0 spiro atoms. The molecule has 1 unspecified atom stereocenters. The lowest BCUT2D eigenvalue weighted by molar-refractivity contribution is -0.150. The van der Waals surface area contributed by atoms with E-state index in [9.17, 15) is 19.2 Å². The predicted octanol–water partition coefficient (Wildman–Crippen LogP) is 3.33. The van der Waals surface area contributed by atoms with Crippen LogP contribution in [0.5, 0.6) is 0 Å². The fraction of sp³-hybridized carbons (Fsp3) is 0.594. The summed E-state index contributed by atoms with van der Waals surface area (Å²) in [4.78, 5) is 57.1. The van der Waals surface area contributed by atoms with Crippen molar-refractivity contribution in [2.75, 3.05) is 13.2 Å². The molecular formula is C32H43N7O6. The van der Waals surface area contributed by atoms with Gasteiger partial charge in [-0.2, -0.15) is 4.80 Å². The van der Waals surface area contributed by atoms with E-state index in [2.05, 4.69) is 26.0 Å². The highest BCUT2D eigenvalue weighted by molar-refractivity contribution is 5.96. The van der Waals surface area contributed by atoms with Crippen molar-refractivity contribution >= 4 is 23.9 Å². The Morgan fingerprint density at radius 3 is 2.64 bits per heavy atom. The normalized spacial score (nSPS) is 28.0. The first-order chi connectivity index (χ1) is 21.5. The standard InChI is InChI=1S/C32H43N7O6/c1-5-44-29(42)32-19-22(32)16-12-7-6-8-13-17-24(33-30(43)45-31(2,3)4)28(41)38-20-23(18-25(38)27(40)34-32)39-36-26(35-37-39)21-14-10-9-11-15-21/h9-12,14-16,22-25H,5-8,13,17-20H2,1-4H3,(H,33,43)(H,34,40)/b16-12-/t22?,23-,24+,25+,32-/m1/s1. The molecule has 3 aliphatic rings. The summed E-state index contributed by atoms with van der Waals surface area (Å²) in [6.07, 6.45) is 7.53. The highest BCUT2D eigenvalue weighted by Crippen LogP contribution is 2.46. The molecule has 1 aromatic carbocycles. The minimum absolute atomic E-state index is 0.115. The summed E-state index contributed by atoms with van der Waals surface area (Å²) in [5, 5.41) is 18.8. The smallest absolute Gasteiger partial charge is 0.408 e. The van der Waals surface area contributed by atoms with Crippen molar-refractivity contribution in [3.8, 4) is 11.4 Å². The number of tetrazole rings is 1. The van der Waals surface area contributed by atoms with Crippen LogP contribution < -0.4 is 10.6 Å². The number of esters is 1. The van der Waals surface area contributed by atoms with Gasteiger partial charge in [0, 0.05) is 24.4 Å². The number of aromatic nitrogens is 4. The predicted molar refractivity (Wildman–Crippen MR) is 163 cm³/mol. The van der Waals surface area contributed by atoms with E-state index in [0.717, 1.165) is 24.8 Å². The number of hydrogen-bond donors (Lipinski definition) is 2. The van der Waals surface area contributed by atoms with Gasteiger partial charge in [-0.1, -0.05) is 55.3 Å². The Hall–Kier alpha value is -4.29. The number of nitrogens with zero attached hydrogens (tertiary/aromatic N) is 5. The fourth-order valence-electron chi connectivity index (χ4n) is 6.02. The SMILES string of the molecule is CCOC(=O)[C@@]12CC1/C=C\CCCCC[C@H](NC(=O)OC(C)(C)C)C(=O)N1C[C@H](n3nnc(-c4ccccc4)n3)C[C@H]1C(=O)N2. The number of carbonyl (C=O) groups is 4. The number of ether oxygens (including phenoxy) is 2. The number of benzene rings is 1. The molecule has 2 aromatic rings. The van der Waals surface area contributed by atoms with Crippen LogP contribution in [-0.4, -0.2) is 85.4 Å². The molecule has 2 N–H and O–H groups in total. The third kappa shape index (κ3) is 7.51. The number of allylic oxidation sites excluding steroid dienone is 1. The third-order valence-electron chi connectivity index (χ3n) is 8.37. The Bertz CT molecular complexity index is 1420. The molecule has 3 amide bonds. The van der Waals surface area contributed by atoms with Crippen LogP contribution >= 0.6 is 0 Å². The van der Waals surface area contributed by atoms with Crippen LogP contribution in [0.25, 0.3) is 11.4 Å². The van der Waals surface area contributed by atoms with E-state index in [1.807, 2.05) is 42.5 Å². The molecule has 2 fully saturated rings. The number of alkyl carbamates (subject to hydrolysis) is 1. The molecule has 1 aromatic heterocycles. The van der Waals surface area contributed by atoms with Crippen LogP contribution in [0.15, 0.2) is 42.5 Å². The van der Waals surface area contributed by atoms with Crippen LogP contribution in [0.1, 0.15) is 78.7 Å². The molecule has 0 bridgehead atoms. The maximum Gasteiger partial charge on any atom is 0.408 e. The van der Waals surface area contributed by atoms with Gasteiger partial charge < -0.3 is 25.0 Å². The molecule has 1 saturated carbocycles. The molecule has 0 radical (unpaired) electrons. The minimum Gasteiger partial charge on any atom is -0.464 e. The van der Waals surface area contributed by atoms with Crippen LogP contribution in [0.3, 0.4) is 0 Å². The van der Waals surface area contributed by atoms with Gasteiger partial charge in [-0.05, 0) is 58.6 Å². The maximum atomic E-state index is 14.2. The van der Waals surface area contributed by atoms with Gasteiger partial charge in [-0.3, -0.25) is 9.59 Å². The zero-order valence-electron chi connectivity index (χ0n) is 26.4. The van der Waals surface area contributed by atoms with Crippen molar-refractivity contribution < 1.29 is 28.7 Å². The van der Waals surface area contributed by atoms with E-state index < -0.39 is 53.1 Å². The molecule has 45 heavy (non-hydrogen) atoms. The monoisotopic (exact) mass is 621 g/mol. The third-order valence-corrected chi connectivity index (χ3v) is 8.37. The average Bonchev–Trinajstić information content (AvgIpc) is 3.31. The van der Waals surface area contributed by atoms with Crippen molar-refractivity contribution in [3.63, 3.8) is 0 Å². The van der Waals surface area contributed by atoms with Crippen molar-refractivity contribution in [3.05, 3.63) is 42.5 Å². The van der Waals surface area contributed by atoms with Crippen molar-refractivity contribution in [2.24, 2.45) is 5.92 Å². The molecule has 1 saturated heterocycles. The van der Waals surface area contributed by atoms with E-state index in [0.29, 0.717) is 25.1 Å². The van der Waals surface area contributed by atoms with Crippen molar-refractivity contribution in [1.29, 1.82) is 0 Å². The Kier molecular flexibility index (Phi) is 9.54. The van der Waals surface area contributed by atoms with E-state index in [4.69, 9.17) is 9.47 Å². The van der Waals surface area contributed by atoms with E-state index >= 15 is 0 Å². The second kappa shape index (κ2) is 13.4. The summed E-state index contributed by atoms with van der Waals surface area (Å²) >= 11 is 0. The summed E-state index contributed by atoms with van der Waals surface area (Å²) < 4.78 is 10.8. The van der Waals surface area contributed by atoms with Crippen LogP contribution in [0.4, 0.5) is 4.79 Å². The first kappa shape index (κ1) is 32.1. The van der Waals surface area contributed by atoms with Crippen LogP contribution in [0, 0.1) is 5.92 Å². The zero-order valence-corrected chi connectivity index (χ0v) is 26.4. The highest BCUT2D eigenvalue weighted by atomic mass is 16.6. The molecule has 2 aliphatic heterocycles. The first-order valence-corrected chi connectivity index (χ1v) is 15.8. The quantitative estimate of drug-likeness (QED) is 0.377. The van der Waals surface area contributed by atoms with E-state index in [-0.39, 0.29) is 25.5 Å². The second-order valence-corrected chi connectivity index (χ2v) is 13.0. The Labute approximate surface area is 263 Å². The summed E-state index contributed by atoms with van der Waals surface area (Å²) in [6.45, 7) is 7.28. The molecule has 13 nitrogen and oxygen atoms in total. The Morgan fingerprint density at radius 1 is 1.13 bits per heavy atom. The highest BCUT2D eigenvalue weighted by Gasteiger charge is 2.62. The zero-order chi connectivity index (χ0) is 32.2. The van der Waals surface area contributed by atoms with Gasteiger partial charge in [0.15, 0.2) is 0 Å². The van der Waals surface area contributed by atoms with Gasteiger partial charge in [0.2, 0.25) is 17.6 Å². The number of fused-ring (bicyclic) bond motifs is 2. The molecule has 3 heterocycles. The van der Waals surface area contributed by atoms with Gasteiger partial charge in [0.1, 0.15) is 23.2 Å². The van der Waals surface area contributed by atoms with Crippen molar-refractivity contribution in [1.82, 2.24) is 35.7 Å². The van der Waals surface area contributed by atoms with Crippen LogP contribution in [-0.2, 0) is 23.9 Å². The summed E-state index contributed by atoms with van der Waals surface area (Å²) in [5.41, 5.74) is -1.15. The Morgan fingerprint density at radius 2 is 1.91 bits per heavy atom. The lowest BCUT2D eigenvalue weighted by Crippen LogP contribution is -2.56. The molecule has 5 rings (SSSR count). The molecule has 242 valence electrons. The largest absolute Gasteiger partial charge is 0.464 e. The summed E-state index contributed by atoms with van der Waals surface area (Å²) in [7, 11) is 0.